The van der Waals surface area contributed by atoms with Gasteiger partial charge in [0.1, 0.15) is 11.5 Å². The van der Waals surface area contributed by atoms with Crippen molar-refractivity contribution < 1.29 is 9.18 Å². The Morgan fingerprint density at radius 1 is 1.30 bits per heavy atom. The molecule has 20 heavy (non-hydrogen) atoms. The molecule has 0 fully saturated rings. The van der Waals surface area contributed by atoms with Crippen LogP contribution in [-0.4, -0.2) is 17.0 Å². The number of anilines is 1. The van der Waals surface area contributed by atoms with E-state index in [9.17, 15) is 9.18 Å². The molecule has 0 saturated heterocycles. The van der Waals surface area contributed by atoms with Crippen LogP contribution in [0.2, 0.25) is 0 Å². The molecule has 0 bridgehead atoms. The summed E-state index contributed by atoms with van der Waals surface area (Å²) in [5.41, 5.74) is 1.31. The highest BCUT2D eigenvalue weighted by Gasteiger charge is 2.20. The van der Waals surface area contributed by atoms with Crippen LogP contribution in [0.3, 0.4) is 0 Å². The van der Waals surface area contributed by atoms with E-state index in [1.54, 1.807) is 23.1 Å². The average Bonchev–Trinajstić information content (AvgIpc) is 2.82. The minimum absolute atomic E-state index is 0.0911. The minimum atomic E-state index is -0.308. The number of aryl methyl sites for hydroxylation is 1. The summed E-state index contributed by atoms with van der Waals surface area (Å²) in [6, 6.07) is 7.76. The second-order valence-corrected chi connectivity index (χ2v) is 5.27. The zero-order chi connectivity index (χ0) is 14.7. The molecule has 0 aliphatic rings. The maximum Gasteiger partial charge on any atom is 0.274 e. The second kappa shape index (κ2) is 6.22. The lowest BCUT2D eigenvalue weighted by Gasteiger charge is -2.21. The first-order valence-corrected chi connectivity index (χ1v) is 7.29. The largest absolute Gasteiger partial charge is 0.343 e. The van der Waals surface area contributed by atoms with Gasteiger partial charge in [-0.3, -0.25) is 4.79 Å². The Morgan fingerprint density at radius 3 is 2.50 bits per heavy atom. The van der Waals surface area contributed by atoms with Gasteiger partial charge < -0.3 is 9.47 Å². The standard InChI is InChI=1S/C15H16BrFN2O/c1-3-18-10-11(16)9-14(18)15(20)19(4-2)13-7-5-12(17)6-8-13/h5-10H,3-4H2,1-2H3. The Balaban J connectivity index is 2.36. The maximum absolute atomic E-state index is 13.0. The molecule has 3 nitrogen and oxygen atoms in total. The predicted octanol–water partition coefficient (Wildman–Crippen LogP) is 4.08. The molecule has 0 saturated carbocycles. The molecule has 1 aromatic carbocycles. The molecule has 0 atom stereocenters. The highest BCUT2D eigenvalue weighted by molar-refractivity contribution is 9.10. The van der Waals surface area contributed by atoms with Crippen molar-refractivity contribution in [2.45, 2.75) is 20.4 Å². The number of rotatable bonds is 4. The third-order valence-electron chi connectivity index (χ3n) is 3.12. The van der Waals surface area contributed by atoms with Crippen molar-refractivity contribution in [3.8, 4) is 0 Å². The molecule has 2 rings (SSSR count). The van der Waals surface area contributed by atoms with Gasteiger partial charge in [-0.05, 0) is 60.1 Å². The van der Waals surface area contributed by atoms with Crippen molar-refractivity contribution in [3.63, 3.8) is 0 Å². The van der Waals surface area contributed by atoms with Gasteiger partial charge >= 0.3 is 0 Å². The number of hydrogen-bond acceptors (Lipinski definition) is 1. The lowest BCUT2D eigenvalue weighted by molar-refractivity contribution is 0.0979. The van der Waals surface area contributed by atoms with E-state index in [-0.39, 0.29) is 11.7 Å². The van der Waals surface area contributed by atoms with Crippen LogP contribution in [0, 0.1) is 5.82 Å². The molecule has 0 aliphatic heterocycles. The zero-order valence-corrected chi connectivity index (χ0v) is 13.0. The molecule has 0 unspecified atom stereocenters. The zero-order valence-electron chi connectivity index (χ0n) is 11.4. The van der Waals surface area contributed by atoms with E-state index < -0.39 is 0 Å². The van der Waals surface area contributed by atoms with E-state index in [0.717, 1.165) is 4.47 Å². The van der Waals surface area contributed by atoms with Gasteiger partial charge in [-0.25, -0.2) is 4.39 Å². The first-order chi connectivity index (χ1) is 9.56. The van der Waals surface area contributed by atoms with Gasteiger partial charge in [0.25, 0.3) is 5.91 Å². The fraction of sp³-hybridized carbons (Fsp3) is 0.267. The number of nitrogens with zero attached hydrogens (tertiary/aromatic N) is 2. The summed E-state index contributed by atoms with van der Waals surface area (Å²) in [6.07, 6.45) is 1.88. The Bertz CT molecular complexity index is 607. The van der Waals surface area contributed by atoms with E-state index in [1.807, 2.05) is 24.6 Å². The second-order valence-electron chi connectivity index (χ2n) is 4.36. The van der Waals surface area contributed by atoms with E-state index in [2.05, 4.69) is 15.9 Å². The third-order valence-corrected chi connectivity index (χ3v) is 3.56. The van der Waals surface area contributed by atoms with Gasteiger partial charge in [0.05, 0.1) is 0 Å². The van der Waals surface area contributed by atoms with Crippen LogP contribution in [0.15, 0.2) is 41.0 Å². The average molecular weight is 339 g/mol. The SMILES string of the molecule is CCN(C(=O)c1cc(Br)cn1CC)c1ccc(F)cc1. The summed E-state index contributed by atoms with van der Waals surface area (Å²) in [5.74, 6) is -0.399. The van der Waals surface area contributed by atoms with Crippen molar-refractivity contribution in [3.05, 3.63) is 52.5 Å². The Kier molecular flexibility index (Phi) is 4.60. The van der Waals surface area contributed by atoms with Crippen LogP contribution in [0.5, 0.6) is 0 Å². The van der Waals surface area contributed by atoms with Crippen molar-refractivity contribution in [1.29, 1.82) is 0 Å². The molecule has 1 amide bonds. The first-order valence-electron chi connectivity index (χ1n) is 6.50. The van der Waals surface area contributed by atoms with E-state index in [0.29, 0.717) is 24.5 Å². The predicted molar refractivity (Wildman–Crippen MR) is 81.6 cm³/mol. The van der Waals surface area contributed by atoms with Crippen molar-refractivity contribution in [1.82, 2.24) is 4.57 Å². The molecule has 5 heteroatoms. The lowest BCUT2D eigenvalue weighted by Crippen LogP contribution is -2.32. The smallest absolute Gasteiger partial charge is 0.274 e. The van der Waals surface area contributed by atoms with Crippen LogP contribution in [-0.2, 0) is 6.54 Å². The molecule has 0 aliphatic carbocycles. The van der Waals surface area contributed by atoms with Crippen LogP contribution in [0.4, 0.5) is 10.1 Å². The monoisotopic (exact) mass is 338 g/mol. The minimum Gasteiger partial charge on any atom is -0.343 e. The van der Waals surface area contributed by atoms with Gasteiger partial charge in [-0.1, -0.05) is 0 Å². The summed E-state index contributed by atoms with van der Waals surface area (Å²) in [6.45, 7) is 5.12. The summed E-state index contributed by atoms with van der Waals surface area (Å²) in [7, 11) is 0. The number of halogens is 2. The molecule has 0 radical (unpaired) electrons. The van der Waals surface area contributed by atoms with Crippen LogP contribution in [0.25, 0.3) is 0 Å². The van der Waals surface area contributed by atoms with Crippen LogP contribution >= 0.6 is 15.9 Å². The summed E-state index contributed by atoms with van der Waals surface area (Å²) >= 11 is 3.39. The molecular formula is C15H16BrFN2O. The van der Waals surface area contributed by atoms with Crippen LogP contribution in [0.1, 0.15) is 24.3 Å². The van der Waals surface area contributed by atoms with Gasteiger partial charge in [-0.2, -0.15) is 0 Å². The number of carbonyl (C=O) groups excluding carboxylic acids is 1. The van der Waals surface area contributed by atoms with Gasteiger partial charge in [0.2, 0.25) is 0 Å². The number of amides is 1. The van der Waals surface area contributed by atoms with Gasteiger partial charge in [-0.15, -0.1) is 0 Å². The van der Waals surface area contributed by atoms with E-state index in [1.165, 1.54) is 12.1 Å². The van der Waals surface area contributed by atoms with Gasteiger partial charge in [0, 0.05) is 29.4 Å². The molecule has 1 heterocycles. The van der Waals surface area contributed by atoms with E-state index >= 15 is 0 Å². The number of aromatic nitrogens is 1. The summed E-state index contributed by atoms with van der Waals surface area (Å²) < 4.78 is 15.7. The number of benzene rings is 1. The Morgan fingerprint density at radius 2 is 1.95 bits per heavy atom. The molecular weight excluding hydrogens is 323 g/mol. The molecule has 1 aromatic heterocycles. The van der Waals surface area contributed by atoms with Gasteiger partial charge in [0.15, 0.2) is 0 Å². The fourth-order valence-corrected chi connectivity index (χ4v) is 2.58. The summed E-state index contributed by atoms with van der Waals surface area (Å²) in [4.78, 5) is 14.3. The quantitative estimate of drug-likeness (QED) is 0.824. The summed E-state index contributed by atoms with van der Waals surface area (Å²) in [5, 5.41) is 0. The Hall–Kier alpha value is -1.62. The third kappa shape index (κ3) is 2.93. The van der Waals surface area contributed by atoms with Crippen molar-refractivity contribution in [2.24, 2.45) is 0 Å². The number of carbonyl (C=O) groups is 1. The van der Waals surface area contributed by atoms with Crippen molar-refractivity contribution in [2.75, 3.05) is 11.4 Å². The fourth-order valence-electron chi connectivity index (χ4n) is 2.12. The Labute approximate surface area is 126 Å². The molecule has 0 spiro atoms. The topological polar surface area (TPSA) is 25.2 Å². The molecule has 0 N–H and O–H groups in total. The molecule has 2 aromatic rings. The molecule has 106 valence electrons. The highest BCUT2D eigenvalue weighted by atomic mass is 79.9. The van der Waals surface area contributed by atoms with E-state index in [4.69, 9.17) is 0 Å². The number of hydrogen-bond donors (Lipinski definition) is 0. The van der Waals surface area contributed by atoms with Crippen LogP contribution < -0.4 is 4.90 Å². The lowest BCUT2D eigenvalue weighted by atomic mass is 10.2. The highest BCUT2D eigenvalue weighted by Crippen LogP contribution is 2.21. The maximum atomic E-state index is 13.0. The van der Waals surface area contributed by atoms with Crippen molar-refractivity contribution >= 4 is 27.5 Å². The first kappa shape index (κ1) is 14.8. The normalized spacial score (nSPS) is 10.6.